The summed E-state index contributed by atoms with van der Waals surface area (Å²) in [6, 6.07) is 13.9. The second-order valence-electron chi connectivity index (χ2n) is 5.91. The fraction of sp³-hybridized carbons (Fsp3) is 0.200. The van der Waals surface area contributed by atoms with Gasteiger partial charge in [0.15, 0.2) is 0 Å². The molecule has 3 rings (SSSR count). The number of amides is 1. The van der Waals surface area contributed by atoms with E-state index in [-0.39, 0.29) is 18.1 Å². The molecule has 128 valence electrons. The summed E-state index contributed by atoms with van der Waals surface area (Å²) in [6.07, 6.45) is 2.43. The lowest BCUT2D eigenvalue weighted by Gasteiger charge is -2.04. The topological polar surface area (TPSA) is 55.1 Å². The summed E-state index contributed by atoms with van der Waals surface area (Å²) >= 11 is 0. The summed E-state index contributed by atoms with van der Waals surface area (Å²) in [5.74, 6) is 0.168. The molecule has 0 fully saturated rings. The molecule has 0 saturated heterocycles. The number of nitrogens with one attached hydrogen (secondary N) is 1. The summed E-state index contributed by atoms with van der Waals surface area (Å²) in [7, 11) is 0. The molecule has 1 heterocycles. The van der Waals surface area contributed by atoms with Crippen LogP contribution in [0.5, 0.6) is 0 Å². The molecule has 0 unspecified atom stereocenters. The van der Waals surface area contributed by atoms with Crippen molar-refractivity contribution < 1.29 is 13.6 Å². The monoisotopic (exact) mass is 338 g/mol. The van der Waals surface area contributed by atoms with Gasteiger partial charge in [-0.15, -0.1) is 0 Å². The van der Waals surface area contributed by atoms with E-state index in [0.717, 1.165) is 16.8 Å². The van der Waals surface area contributed by atoms with E-state index in [1.54, 1.807) is 18.4 Å². The Bertz CT molecular complexity index is 839. The Morgan fingerprint density at radius 3 is 2.56 bits per heavy atom. The molecule has 0 spiro atoms. The van der Waals surface area contributed by atoms with E-state index in [4.69, 9.17) is 4.42 Å². The second-order valence-corrected chi connectivity index (χ2v) is 5.91. The number of hydrogen-bond acceptors (Lipinski definition) is 3. The minimum Gasteiger partial charge on any atom is -0.444 e. The highest BCUT2D eigenvalue weighted by Gasteiger charge is 2.08. The molecule has 1 amide bonds. The van der Waals surface area contributed by atoms with Crippen molar-refractivity contribution in [2.75, 3.05) is 6.54 Å². The highest BCUT2D eigenvalue weighted by molar-refractivity contribution is 5.78. The lowest BCUT2D eigenvalue weighted by molar-refractivity contribution is -0.120. The summed E-state index contributed by atoms with van der Waals surface area (Å²) in [6.45, 7) is 2.50. The summed E-state index contributed by atoms with van der Waals surface area (Å²) in [5.41, 5.74) is 3.68. The van der Waals surface area contributed by atoms with Gasteiger partial charge < -0.3 is 9.73 Å². The van der Waals surface area contributed by atoms with Gasteiger partial charge in [0, 0.05) is 18.5 Å². The highest BCUT2D eigenvalue weighted by Crippen LogP contribution is 2.19. The predicted octanol–water partition coefficient (Wildman–Crippen LogP) is 3.69. The Balaban J connectivity index is 1.48. The molecule has 0 bridgehead atoms. The van der Waals surface area contributed by atoms with Crippen LogP contribution in [0.1, 0.15) is 16.8 Å². The van der Waals surface area contributed by atoms with Gasteiger partial charge >= 0.3 is 0 Å². The first-order chi connectivity index (χ1) is 12.1. The molecule has 0 aliphatic heterocycles. The van der Waals surface area contributed by atoms with Gasteiger partial charge in [0.1, 0.15) is 12.1 Å². The van der Waals surface area contributed by atoms with Crippen molar-refractivity contribution in [3.63, 3.8) is 0 Å². The second kappa shape index (κ2) is 7.75. The maximum atomic E-state index is 12.8. The van der Waals surface area contributed by atoms with E-state index >= 15 is 0 Å². The van der Waals surface area contributed by atoms with Gasteiger partial charge in [0.25, 0.3) is 0 Å². The Morgan fingerprint density at radius 1 is 1.12 bits per heavy atom. The Labute approximate surface area is 145 Å². The first-order valence-corrected chi connectivity index (χ1v) is 8.13. The van der Waals surface area contributed by atoms with Crippen molar-refractivity contribution in [2.45, 2.75) is 19.8 Å². The molecule has 0 saturated carbocycles. The number of carbonyl (C=O) groups is 1. The zero-order valence-electron chi connectivity index (χ0n) is 14.0. The van der Waals surface area contributed by atoms with Crippen LogP contribution in [-0.2, 0) is 17.6 Å². The van der Waals surface area contributed by atoms with Gasteiger partial charge in [-0.05, 0) is 36.8 Å². The average molecular weight is 338 g/mol. The number of hydrogen-bond donors (Lipinski definition) is 1. The minimum atomic E-state index is -0.306. The van der Waals surface area contributed by atoms with Crippen LogP contribution in [0.2, 0.25) is 0 Å². The lowest BCUT2D eigenvalue weighted by atomic mass is 10.1. The molecular formula is C20H19FN2O2. The smallest absolute Gasteiger partial charge is 0.226 e. The van der Waals surface area contributed by atoms with Crippen molar-refractivity contribution in [1.82, 2.24) is 10.3 Å². The number of aryl methyl sites for hydroxylation is 1. The quantitative estimate of drug-likeness (QED) is 0.746. The molecule has 5 heteroatoms. The van der Waals surface area contributed by atoms with Crippen LogP contribution in [0.25, 0.3) is 11.5 Å². The third-order valence-corrected chi connectivity index (χ3v) is 3.83. The van der Waals surface area contributed by atoms with Crippen LogP contribution < -0.4 is 5.32 Å². The first-order valence-electron chi connectivity index (χ1n) is 8.13. The molecule has 0 radical (unpaired) electrons. The Morgan fingerprint density at radius 2 is 1.84 bits per heavy atom. The molecule has 2 aromatic carbocycles. The van der Waals surface area contributed by atoms with E-state index in [1.165, 1.54) is 17.7 Å². The van der Waals surface area contributed by atoms with Gasteiger partial charge in [-0.25, -0.2) is 9.37 Å². The van der Waals surface area contributed by atoms with Crippen LogP contribution in [-0.4, -0.2) is 17.4 Å². The van der Waals surface area contributed by atoms with E-state index in [0.29, 0.717) is 18.9 Å². The van der Waals surface area contributed by atoms with Gasteiger partial charge in [-0.1, -0.05) is 29.8 Å². The predicted molar refractivity (Wildman–Crippen MR) is 93.5 cm³/mol. The number of rotatable bonds is 6. The highest BCUT2D eigenvalue weighted by atomic mass is 19.1. The van der Waals surface area contributed by atoms with Gasteiger partial charge in [0.2, 0.25) is 11.8 Å². The van der Waals surface area contributed by atoms with E-state index in [1.807, 2.05) is 31.2 Å². The summed E-state index contributed by atoms with van der Waals surface area (Å²) < 4.78 is 18.3. The molecule has 0 aliphatic rings. The van der Waals surface area contributed by atoms with Crippen molar-refractivity contribution >= 4 is 5.91 Å². The van der Waals surface area contributed by atoms with Gasteiger partial charge in [-0.2, -0.15) is 0 Å². The average Bonchev–Trinajstić information content (AvgIpc) is 3.06. The molecule has 4 nitrogen and oxygen atoms in total. The number of halogens is 1. The Hall–Kier alpha value is -2.95. The normalized spacial score (nSPS) is 10.6. The Kier molecular flexibility index (Phi) is 5.23. The molecular weight excluding hydrogens is 319 g/mol. The van der Waals surface area contributed by atoms with E-state index < -0.39 is 0 Å². The fourth-order valence-electron chi connectivity index (χ4n) is 2.43. The van der Waals surface area contributed by atoms with Gasteiger partial charge in [-0.3, -0.25) is 4.79 Å². The molecule has 25 heavy (non-hydrogen) atoms. The fourth-order valence-corrected chi connectivity index (χ4v) is 2.43. The van der Waals surface area contributed by atoms with Crippen LogP contribution in [0.15, 0.2) is 59.2 Å². The summed E-state index contributed by atoms with van der Waals surface area (Å²) in [4.78, 5) is 16.3. The zero-order valence-corrected chi connectivity index (χ0v) is 14.0. The molecule has 1 aromatic heterocycles. The van der Waals surface area contributed by atoms with Crippen LogP contribution in [0.4, 0.5) is 4.39 Å². The maximum Gasteiger partial charge on any atom is 0.226 e. The number of nitrogens with zero attached hydrogens (tertiary/aromatic N) is 1. The van der Waals surface area contributed by atoms with Crippen molar-refractivity contribution in [3.8, 4) is 11.5 Å². The third-order valence-electron chi connectivity index (χ3n) is 3.83. The third kappa shape index (κ3) is 4.76. The van der Waals surface area contributed by atoms with Crippen molar-refractivity contribution in [1.29, 1.82) is 0 Å². The van der Waals surface area contributed by atoms with E-state index in [2.05, 4.69) is 10.3 Å². The van der Waals surface area contributed by atoms with Crippen molar-refractivity contribution in [3.05, 3.63) is 77.4 Å². The molecule has 3 aromatic rings. The number of benzene rings is 2. The van der Waals surface area contributed by atoms with E-state index in [9.17, 15) is 9.18 Å². The molecule has 0 atom stereocenters. The summed E-state index contributed by atoms with van der Waals surface area (Å²) in [5, 5.41) is 2.84. The largest absolute Gasteiger partial charge is 0.444 e. The zero-order chi connectivity index (χ0) is 17.6. The lowest BCUT2D eigenvalue weighted by Crippen LogP contribution is -2.27. The van der Waals surface area contributed by atoms with Crippen LogP contribution in [0, 0.1) is 12.7 Å². The van der Waals surface area contributed by atoms with Gasteiger partial charge in [0.05, 0.1) is 12.1 Å². The van der Waals surface area contributed by atoms with Crippen LogP contribution in [0.3, 0.4) is 0 Å². The van der Waals surface area contributed by atoms with Crippen molar-refractivity contribution in [2.24, 2.45) is 0 Å². The standard InChI is InChI=1S/C20H19FN2O2/c1-14-2-6-16(7-3-14)20-23-18(13-25-20)10-11-22-19(24)12-15-4-8-17(21)9-5-15/h2-9,13H,10-12H2,1H3,(H,22,24). The molecule has 0 aliphatic carbocycles. The number of carbonyl (C=O) groups excluding carboxylic acids is 1. The minimum absolute atomic E-state index is 0.103. The number of oxazole rings is 1. The first kappa shape index (κ1) is 16.9. The van der Waals surface area contributed by atoms with Crippen LogP contribution >= 0.6 is 0 Å². The molecule has 1 N–H and O–H groups in total. The SMILES string of the molecule is Cc1ccc(-c2nc(CCNC(=O)Cc3ccc(F)cc3)co2)cc1. The maximum absolute atomic E-state index is 12.8. The number of aromatic nitrogens is 1.